The molecule has 144 valence electrons. The number of benzene rings is 1. The van der Waals surface area contributed by atoms with E-state index in [1.54, 1.807) is 13.8 Å². The second kappa shape index (κ2) is 8.32. The minimum absolute atomic E-state index is 0. The van der Waals surface area contributed by atoms with Gasteiger partial charge in [0, 0.05) is 25.2 Å². The van der Waals surface area contributed by atoms with Gasteiger partial charge in [0.1, 0.15) is 0 Å². The Morgan fingerprint density at radius 2 is 1.64 bits per heavy atom. The monoisotopic (exact) mass is 411 g/mol. The van der Waals surface area contributed by atoms with Gasteiger partial charge in [0.2, 0.25) is 20.0 Å². The molecule has 1 fully saturated rings. The molecule has 1 aliphatic heterocycles. The summed E-state index contributed by atoms with van der Waals surface area (Å²) < 4.78 is 53.9. The van der Waals surface area contributed by atoms with Gasteiger partial charge in [-0.15, -0.1) is 12.4 Å². The molecule has 7 nitrogen and oxygen atoms in total. The van der Waals surface area contributed by atoms with E-state index in [9.17, 15) is 16.8 Å². The highest BCUT2D eigenvalue weighted by molar-refractivity contribution is 7.90. The van der Waals surface area contributed by atoms with E-state index in [4.69, 9.17) is 5.73 Å². The van der Waals surface area contributed by atoms with Crippen LogP contribution in [0.1, 0.15) is 33.1 Å². The maximum Gasteiger partial charge on any atom is 0.243 e. The highest BCUT2D eigenvalue weighted by atomic mass is 35.5. The molecule has 1 aromatic carbocycles. The number of hydrogen-bond acceptors (Lipinski definition) is 5. The van der Waals surface area contributed by atoms with Gasteiger partial charge in [0.05, 0.1) is 9.79 Å². The largest absolute Gasteiger partial charge is 0.324 e. The molecule has 3 N–H and O–H groups in total. The molecular formula is C15H26ClN3O4S2. The van der Waals surface area contributed by atoms with Gasteiger partial charge in [-0.1, -0.05) is 12.5 Å². The summed E-state index contributed by atoms with van der Waals surface area (Å²) in [6.45, 7) is 4.40. The van der Waals surface area contributed by atoms with Crippen molar-refractivity contribution in [1.82, 2.24) is 9.03 Å². The molecule has 1 aliphatic rings. The summed E-state index contributed by atoms with van der Waals surface area (Å²) in [7, 11) is -7.49. The van der Waals surface area contributed by atoms with E-state index in [0.717, 1.165) is 19.3 Å². The van der Waals surface area contributed by atoms with E-state index >= 15 is 0 Å². The summed E-state index contributed by atoms with van der Waals surface area (Å²) in [5, 5.41) is 0. The van der Waals surface area contributed by atoms with Gasteiger partial charge in [-0.05, 0) is 44.9 Å². The Morgan fingerprint density at radius 1 is 1.08 bits per heavy atom. The molecule has 0 bridgehead atoms. The van der Waals surface area contributed by atoms with Gasteiger partial charge >= 0.3 is 0 Å². The molecule has 1 saturated heterocycles. The number of nitrogens with zero attached hydrogens (tertiary/aromatic N) is 1. The van der Waals surface area contributed by atoms with Gasteiger partial charge in [-0.3, -0.25) is 0 Å². The Hall–Kier alpha value is -0.710. The van der Waals surface area contributed by atoms with E-state index in [1.807, 2.05) is 0 Å². The molecular weight excluding hydrogens is 386 g/mol. The fourth-order valence-electron chi connectivity index (χ4n) is 2.42. The average Bonchev–Trinajstić information content (AvgIpc) is 2.53. The van der Waals surface area contributed by atoms with Gasteiger partial charge in [-0.2, -0.15) is 4.31 Å². The van der Waals surface area contributed by atoms with Crippen LogP contribution in [-0.4, -0.2) is 46.3 Å². The molecule has 1 heterocycles. The van der Waals surface area contributed by atoms with Crippen molar-refractivity contribution in [3.63, 3.8) is 0 Å². The van der Waals surface area contributed by atoms with Crippen LogP contribution in [-0.2, 0) is 20.0 Å². The zero-order valence-electron chi connectivity index (χ0n) is 14.4. The van der Waals surface area contributed by atoms with Gasteiger partial charge in [0.15, 0.2) is 0 Å². The minimum Gasteiger partial charge on any atom is -0.324 e. The van der Waals surface area contributed by atoms with E-state index in [2.05, 4.69) is 4.72 Å². The Balaban J connectivity index is 0.00000312. The highest BCUT2D eigenvalue weighted by Gasteiger charge is 2.27. The lowest BCUT2D eigenvalue weighted by atomic mass is 10.1. The standard InChI is InChI=1S/C15H25N3O4S2.ClH/c1-15(2,16)12-17-23(19,20)13-7-6-8-14(11-13)24(21,22)18-9-4-3-5-10-18;/h6-8,11,17H,3-5,9-10,12,16H2,1-2H3;1H. The highest BCUT2D eigenvalue weighted by Crippen LogP contribution is 2.22. The third kappa shape index (κ3) is 5.90. The lowest BCUT2D eigenvalue weighted by Crippen LogP contribution is -2.45. The van der Waals surface area contributed by atoms with Gasteiger partial charge in [-0.25, -0.2) is 21.6 Å². The fourth-order valence-corrected chi connectivity index (χ4v) is 5.33. The predicted molar refractivity (Wildman–Crippen MR) is 99.8 cm³/mol. The first kappa shape index (κ1) is 22.3. The van der Waals surface area contributed by atoms with Crippen LogP contribution in [0.25, 0.3) is 0 Å². The van der Waals surface area contributed by atoms with Crippen LogP contribution in [0.4, 0.5) is 0 Å². The number of nitrogens with two attached hydrogens (primary N) is 1. The molecule has 0 atom stereocenters. The normalized spacial score (nSPS) is 17.1. The summed E-state index contributed by atoms with van der Waals surface area (Å²) in [4.78, 5) is -0.0795. The number of sulfonamides is 2. The van der Waals surface area contributed by atoms with Crippen molar-refractivity contribution >= 4 is 32.5 Å². The molecule has 1 aromatic rings. The minimum atomic E-state index is -3.82. The second-order valence-corrected chi connectivity index (χ2v) is 10.5. The number of halogens is 1. The summed E-state index contributed by atoms with van der Waals surface area (Å²) >= 11 is 0. The molecule has 0 radical (unpaired) electrons. The topological polar surface area (TPSA) is 110 Å². The van der Waals surface area contributed by atoms with Crippen molar-refractivity contribution in [1.29, 1.82) is 0 Å². The van der Waals surface area contributed by atoms with Crippen molar-refractivity contribution < 1.29 is 16.8 Å². The first-order chi connectivity index (χ1) is 11.0. The first-order valence-corrected chi connectivity index (χ1v) is 10.8. The van der Waals surface area contributed by atoms with Crippen LogP contribution in [0, 0.1) is 0 Å². The maximum absolute atomic E-state index is 12.7. The Labute approximate surface area is 156 Å². The lowest BCUT2D eigenvalue weighted by molar-refractivity contribution is 0.346. The van der Waals surface area contributed by atoms with Crippen molar-refractivity contribution in [2.45, 2.75) is 48.4 Å². The molecule has 25 heavy (non-hydrogen) atoms. The third-order valence-corrected chi connectivity index (χ3v) is 7.08. The smallest absolute Gasteiger partial charge is 0.243 e. The molecule has 0 saturated carbocycles. The van der Waals surface area contributed by atoms with E-state index in [1.165, 1.54) is 28.6 Å². The SMILES string of the molecule is CC(C)(N)CNS(=O)(=O)c1cccc(S(=O)(=O)N2CCCCC2)c1.Cl. The second-order valence-electron chi connectivity index (χ2n) is 6.75. The van der Waals surface area contributed by atoms with Gasteiger partial charge in [0.25, 0.3) is 0 Å². The molecule has 0 unspecified atom stereocenters. The number of rotatable bonds is 6. The number of nitrogens with one attached hydrogen (secondary N) is 1. The average molecular weight is 412 g/mol. The van der Waals surface area contributed by atoms with Crippen LogP contribution in [0.15, 0.2) is 34.1 Å². The van der Waals surface area contributed by atoms with E-state index in [0.29, 0.717) is 13.1 Å². The van der Waals surface area contributed by atoms with Crippen LogP contribution in [0.3, 0.4) is 0 Å². The summed E-state index contributed by atoms with van der Waals surface area (Å²) in [5.74, 6) is 0. The van der Waals surface area contributed by atoms with E-state index < -0.39 is 25.6 Å². The quantitative estimate of drug-likeness (QED) is 0.733. The van der Waals surface area contributed by atoms with Crippen LogP contribution < -0.4 is 10.5 Å². The van der Waals surface area contributed by atoms with Crippen molar-refractivity contribution in [2.75, 3.05) is 19.6 Å². The number of hydrogen-bond donors (Lipinski definition) is 2. The van der Waals surface area contributed by atoms with Crippen LogP contribution >= 0.6 is 12.4 Å². The molecule has 10 heteroatoms. The van der Waals surface area contributed by atoms with Crippen LogP contribution in [0.2, 0.25) is 0 Å². The Bertz CT molecular complexity index is 783. The molecule has 0 aromatic heterocycles. The molecule has 2 rings (SSSR count). The van der Waals surface area contributed by atoms with Crippen molar-refractivity contribution in [3.05, 3.63) is 24.3 Å². The summed E-state index contributed by atoms with van der Waals surface area (Å²) in [6.07, 6.45) is 2.66. The van der Waals surface area contributed by atoms with Crippen LogP contribution in [0.5, 0.6) is 0 Å². The zero-order chi connectivity index (χ0) is 18.0. The van der Waals surface area contributed by atoms with Gasteiger partial charge < -0.3 is 5.73 Å². The third-order valence-electron chi connectivity index (χ3n) is 3.79. The summed E-state index contributed by atoms with van der Waals surface area (Å²) in [5.41, 5.74) is 5.08. The fraction of sp³-hybridized carbons (Fsp3) is 0.600. The van der Waals surface area contributed by atoms with E-state index in [-0.39, 0.29) is 28.7 Å². The maximum atomic E-state index is 12.7. The molecule has 0 aliphatic carbocycles. The zero-order valence-corrected chi connectivity index (χ0v) is 16.9. The van der Waals surface area contributed by atoms with Crippen molar-refractivity contribution in [2.24, 2.45) is 5.73 Å². The first-order valence-electron chi connectivity index (χ1n) is 7.91. The summed E-state index contributed by atoms with van der Waals surface area (Å²) in [6, 6.07) is 5.45. The predicted octanol–water partition coefficient (Wildman–Crippen LogP) is 1.30. The van der Waals surface area contributed by atoms with Crippen molar-refractivity contribution in [3.8, 4) is 0 Å². The Morgan fingerprint density at radius 3 is 2.20 bits per heavy atom. The number of piperidine rings is 1. The Kier molecular flexibility index (Phi) is 7.43. The molecule has 0 amide bonds. The molecule has 0 spiro atoms. The lowest BCUT2D eigenvalue weighted by Gasteiger charge is -2.26.